The van der Waals surface area contributed by atoms with E-state index in [1.807, 2.05) is 19.9 Å². The molecule has 138 valence electrons. The Hall–Kier alpha value is -2.54. The molecule has 0 radical (unpaired) electrons. The fraction of sp³-hybridized carbons (Fsp3) is 0.316. The predicted octanol–water partition coefficient (Wildman–Crippen LogP) is 3.10. The summed E-state index contributed by atoms with van der Waals surface area (Å²) in [6.07, 6.45) is 0.631. The standard InChI is InChI=1S/C19H22N2O4S/c1-12-5-7-17(19(9-12)25-4)20-26(23,24)16-6-8-18-15(11-16)10-13(2)21(18)14(3)22/h5-9,11,13,20H,10H2,1-4H3. The van der Waals surface area contributed by atoms with Crippen LogP contribution in [0.5, 0.6) is 5.75 Å². The first kappa shape index (κ1) is 18.3. The number of fused-ring (bicyclic) bond motifs is 1. The zero-order chi connectivity index (χ0) is 19.1. The minimum Gasteiger partial charge on any atom is -0.495 e. The molecular weight excluding hydrogens is 352 g/mol. The van der Waals surface area contributed by atoms with E-state index in [-0.39, 0.29) is 16.8 Å². The second-order valence-electron chi connectivity index (χ2n) is 6.54. The van der Waals surface area contributed by atoms with Gasteiger partial charge in [0.15, 0.2) is 0 Å². The van der Waals surface area contributed by atoms with Crippen LogP contribution in [0.15, 0.2) is 41.3 Å². The van der Waals surface area contributed by atoms with Crippen molar-refractivity contribution in [2.75, 3.05) is 16.7 Å². The first-order chi connectivity index (χ1) is 12.2. The fourth-order valence-corrected chi connectivity index (χ4v) is 4.46. The average molecular weight is 374 g/mol. The Morgan fingerprint density at radius 1 is 1.23 bits per heavy atom. The highest BCUT2D eigenvalue weighted by molar-refractivity contribution is 7.92. The lowest BCUT2D eigenvalue weighted by atomic mass is 10.1. The molecule has 2 aromatic rings. The fourth-order valence-electron chi connectivity index (χ4n) is 3.34. The number of anilines is 2. The van der Waals surface area contributed by atoms with Crippen LogP contribution in [-0.2, 0) is 21.2 Å². The molecule has 26 heavy (non-hydrogen) atoms. The number of ether oxygens (including phenoxy) is 1. The minimum atomic E-state index is -3.77. The van der Waals surface area contributed by atoms with Gasteiger partial charge in [0, 0.05) is 18.7 Å². The van der Waals surface area contributed by atoms with E-state index < -0.39 is 10.0 Å². The molecule has 0 bridgehead atoms. The lowest BCUT2D eigenvalue weighted by Crippen LogP contribution is -2.33. The average Bonchev–Trinajstić information content (AvgIpc) is 2.91. The van der Waals surface area contributed by atoms with Crippen molar-refractivity contribution >= 4 is 27.3 Å². The lowest BCUT2D eigenvalue weighted by molar-refractivity contribution is -0.116. The molecule has 1 heterocycles. The van der Waals surface area contributed by atoms with Crippen LogP contribution in [0.3, 0.4) is 0 Å². The number of aryl methyl sites for hydroxylation is 1. The third-order valence-electron chi connectivity index (χ3n) is 4.52. The molecule has 7 heteroatoms. The van der Waals surface area contributed by atoms with Gasteiger partial charge in [-0.3, -0.25) is 9.52 Å². The van der Waals surface area contributed by atoms with E-state index in [4.69, 9.17) is 4.74 Å². The molecule has 0 fully saturated rings. The van der Waals surface area contributed by atoms with Gasteiger partial charge in [-0.25, -0.2) is 8.42 Å². The van der Waals surface area contributed by atoms with Crippen LogP contribution in [0.25, 0.3) is 0 Å². The first-order valence-electron chi connectivity index (χ1n) is 8.33. The first-order valence-corrected chi connectivity index (χ1v) is 9.81. The second-order valence-corrected chi connectivity index (χ2v) is 8.22. The number of nitrogens with one attached hydrogen (secondary N) is 1. The van der Waals surface area contributed by atoms with Gasteiger partial charge < -0.3 is 9.64 Å². The smallest absolute Gasteiger partial charge is 0.262 e. The van der Waals surface area contributed by atoms with Crippen molar-refractivity contribution in [2.45, 2.75) is 38.1 Å². The van der Waals surface area contributed by atoms with Crippen molar-refractivity contribution in [1.82, 2.24) is 0 Å². The molecule has 6 nitrogen and oxygen atoms in total. The summed E-state index contributed by atoms with van der Waals surface area (Å²) in [5.41, 5.74) is 2.99. The molecule has 3 rings (SSSR count). The molecule has 1 unspecified atom stereocenters. The van der Waals surface area contributed by atoms with Crippen molar-refractivity contribution < 1.29 is 17.9 Å². The molecule has 0 aliphatic carbocycles. The largest absolute Gasteiger partial charge is 0.495 e. The Morgan fingerprint density at radius 3 is 2.62 bits per heavy atom. The molecule has 0 saturated heterocycles. The molecule has 1 aliphatic rings. The molecule has 1 N–H and O–H groups in total. The van der Waals surface area contributed by atoms with Crippen LogP contribution in [-0.4, -0.2) is 27.5 Å². The van der Waals surface area contributed by atoms with E-state index >= 15 is 0 Å². The van der Waals surface area contributed by atoms with Gasteiger partial charge in [-0.1, -0.05) is 6.07 Å². The third kappa shape index (κ3) is 3.26. The lowest BCUT2D eigenvalue weighted by Gasteiger charge is -2.20. The van der Waals surface area contributed by atoms with Crippen molar-refractivity contribution in [3.05, 3.63) is 47.5 Å². The van der Waals surface area contributed by atoms with Crippen LogP contribution >= 0.6 is 0 Å². The normalized spacial score (nSPS) is 16.3. The summed E-state index contributed by atoms with van der Waals surface area (Å²) >= 11 is 0. The van der Waals surface area contributed by atoms with Gasteiger partial charge >= 0.3 is 0 Å². The molecule has 0 spiro atoms. The van der Waals surface area contributed by atoms with Crippen molar-refractivity contribution in [3.63, 3.8) is 0 Å². The maximum absolute atomic E-state index is 12.8. The summed E-state index contributed by atoms with van der Waals surface area (Å²) in [5, 5.41) is 0. The van der Waals surface area contributed by atoms with Gasteiger partial charge in [-0.15, -0.1) is 0 Å². The highest BCUT2D eigenvalue weighted by Gasteiger charge is 2.30. The van der Waals surface area contributed by atoms with Crippen LogP contribution in [0.4, 0.5) is 11.4 Å². The van der Waals surface area contributed by atoms with Gasteiger partial charge in [-0.05, 0) is 61.7 Å². The number of hydrogen-bond acceptors (Lipinski definition) is 4. The van der Waals surface area contributed by atoms with E-state index in [9.17, 15) is 13.2 Å². The van der Waals surface area contributed by atoms with Gasteiger partial charge in [0.05, 0.1) is 17.7 Å². The maximum Gasteiger partial charge on any atom is 0.262 e. The topological polar surface area (TPSA) is 75.7 Å². The monoisotopic (exact) mass is 374 g/mol. The number of hydrogen-bond donors (Lipinski definition) is 1. The van der Waals surface area contributed by atoms with Crippen LogP contribution < -0.4 is 14.4 Å². The minimum absolute atomic E-state index is 0.0191. The molecule has 0 aromatic heterocycles. The van der Waals surface area contributed by atoms with E-state index in [0.717, 1.165) is 16.8 Å². The highest BCUT2D eigenvalue weighted by atomic mass is 32.2. The van der Waals surface area contributed by atoms with Crippen LogP contribution in [0.1, 0.15) is 25.0 Å². The molecule has 0 saturated carbocycles. The summed E-state index contributed by atoms with van der Waals surface area (Å²) in [6.45, 7) is 5.37. The predicted molar refractivity (Wildman–Crippen MR) is 101 cm³/mol. The van der Waals surface area contributed by atoms with Crippen molar-refractivity contribution in [2.24, 2.45) is 0 Å². The molecule has 1 aliphatic heterocycles. The number of benzene rings is 2. The molecular formula is C19H22N2O4S. The second kappa shape index (κ2) is 6.64. The zero-order valence-corrected chi connectivity index (χ0v) is 16.1. The molecule has 1 amide bonds. The number of amides is 1. The van der Waals surface area contributed by atoms with Gasteiger partial charge in [0.25, 0.3) is 10.0 Å². The van der Waals surface area contributed by atoms with Gasteiger partial charge in [-0.2, -0.15) is 0 Å². The summed E-state index contributed by atoms with van der Waals surface area (Å²) in [5.74, 6) is 0.417. The Balaban J connectivity index is 1.95. The SMILES string of the molecule is COc1cc(C)ccc1NS(=O)(=O)c1ccc2c(c1)CC(C)N2C(C)=O. The van der Waals surface area contributed by atoms with E-state index in [1.54, 1.807) is 29.2 Å². The van der Waals surface area contributed by atoms with Crippen LogP contribution in [0, 0.1) is 6.92 Å². The van der Waals surface area contributed by atoms with Crippen molar-refractivity contribution in [3.8, 4) is 5.75 Å². The van der Waals surface area contributed by atoms with Crippen LogP contribution in [0.2, 0.25) is 0 Å². The zero-order valence-electron chi connectivity index (χ0n) is 15.2. The number of sulfonamides is 1. The Labute approximate surface area is 153 Å². The molecule has 2 aromatic carbocycles. The number of nitrogens with zero attached hydrogens (tertiary/aromatic N) is 1. The summed E-state index contributed by atoms with van der Waals surface area (Å²) < 4.78 is 33.5. The maximum atomic E-state index is 12.8. The summed E-state index contributed by atoms with van der Waals surface area (Å²) in [6, 6.07) is 10.1. The van der Waals surface area contributed by atoms with E-state index in [0.29, 0.717) is 17.9 Å². The third-order valence-corrected chi connectivity index (χ3v) is 5.88. The van der Waals surface area contributed by atoms with E-state index in [2.05, 4.69) is 4.72 Å². The quantitative estimate of drug-likeness (QED) is 0.892. The number of methoxy groups -OCH3 is 1. The Morgan fingerprint density at radius 2 is 1.96 bits per heavy atom. The molecule has 1 atom stereocenters. The number of rotatable bonds is 4. The summed E-state index contributed by atoms with van der Waals surface area (Å²) in [7, 11) is -2.27. The number of carbonyl (C=O) groups is 1. The van der Waals surface area contributed by atoms with Crippen molar-refractivity contribution in [1.29, 1.82) is 0 Å². The summed E-state index contributed by atoms with van der Waals surface area (Å²) in [4.78, 5) is 13.7. The van der Waals surface area contributed by atoms with Gasteiger partial charge in [0.1, 0.15) is 5.75 Å². The van der Waals surface area contributed by atoms with Gasteiger partial charge in [0.2, 0.25) is 5.91 Å². The highest BCUT2D eigenvalue weighted by Crippen LogP contribution is 2.35. The Bertz CT molecular complexity index is 969. The Kier molecular flexibility index (Phi) is 4.66. The number of carbonyl (C=O) groups excluding carboxylic acids is 1. The van der Waals surface area contributed by atoms with E-state index in [1.165, 1.54) is 20.1 Å².